The van der Waals surface area contributed by atoms with Gasteiger partial charge in [-0.1, -0.05) is 23.7 Å². The molecule has 0 spiro atoms. The molecule has 1 saturated heterocycles. The van der Waals surface area contributed by atoms with Gasteiger partial charge in [0.15, 0.2) is 0 Å². The molecule has 1 aromatic heterocycles. The molecule has 0 radical (unpaired) electrons. The molecule has 2 N–H and O–H groups in total. The molecular weight excluding hydrogens is 326 g/mol. The second-order valence-corrected chi connectivity index (χ2v) is 6.16. The molecule has 120 valence electrons. The van der Waals surface area contributed by atoms with Gasteiger partial charge in [0, 0.05) is 22.4 Å². The highest BCUT2D eigenvalue weighted by molar-refractivity contribution is 6.31. The van der Waals surface area contributed by atoms with Crippen LogP contribution in [-0.4, -0.2) is 22.8 Å². The van der Waals surface area contributed by atoms with Gasteiger partial charge in [0.2, 0.25) is 5.91 Å². The first-order valence-corrected chi connectivity index (χ1v) is 7.96. The summed E-state index contributed by atoms with van der Waals surface area (Å²) in [6.07, 6.45) is 1.98. The number of hydrogen-bond acceptors (Lipinski definition) is 3. The fourth-order valence-electron chi connectivity index (χ4n) is 2.97. The largest absolute Gasteiger partial charge is 0.373 e. The maximum absolute atomic E-state index is 12.6. The van der Waals surface area contributed by atoms with Crippen molar-refractivity contribution in [2.75, 3.05) is 10.2 Å². The molecule has 4 rings (SSSR count). The number of halogens is 1. The average Bonchev–Trinajstić information content (AvgIpc) is 3.12. The van der Waals surface area contributed by atoms with Crippen LogP contribution in [0.5, 0.6) is 0 Å². The molecule has 3 aromatic rings. The summed E-state index contributed by atoms with van der Waals surface area (Å²) in [6.45, 7) is 0. The topological polar surface area (TPSA) is 65.2 Å². The Kier molecular flexibility index (Phi) is 3.50. The molecule has 24 heavy (non-hydrogen) atoms. The maximum atomic E-state index is 12.6. The zero-order valence-electron chi connectivity index (χ0n) is 12.6. The summed E-state index contributed by atoms with van der Waals surface area (Å²) in [6, 6.07) is 13.9. The molecule has 1 aliphatic rings. The lowest BCUT2D eigenvalue weighted by atomic mass is 10.2. The van der Waals surface area contributed by atoms with Gasteiger partial charge in [-0.15, -0.1) is 0 Å². The molecule has 1 aliphatic heterocycles. The van der Waals surface area contributed by atoms with Gasteiger partial charge in [-0.2, -0.15) is 0 Å². The number of H-pyrrole nitrogens is 1. The summed E-state index contributed by atoms with van der Waals surface area (Å²) in [7, 11) is 0. The van der Waals surface area contributed by atoms with Crippen LogP contribution in [0.1, 0.15) is 6.42 Å². The van der Waals surface area contributed by atoms with Gasteiger partial charge in [0.1, 0.15) is 6.04 Å². The van der Waals surface area contributed by atoms with Gasteiger partial charge in [0.05, 0.1) is 12.1 Å². The van der Waals surface area contributed by atoms with Crippen molar-refractivity contribution < 1.29 is 9.59 Å². The number of rotatable bonds is 3. The summed E-state index contributed by atoms with van der Waals surface area (Å²) in [5, 5.41) is 4.73. The van der Waals surface area contributed by atoms with Crippen molar-refractivity contribution in [2.24, 2.45) is 0 Å². The highest BCUT2D eigenvalue weighted by Crippen LogP contribution is 2.27. The monoisotopic (exact) mass is 339 g/mol. The van der Waals surface area contributed by atoms with Crippen LogP contribution in [-0.2, 0) is 9.59 Å². The number of benzene rings is 2. The fraction of sp³-hybridized carbons (Fsp3) is 0.111. The third kappa shape index (κ3) is 2.53. The van der Waals surface area contributed by atoms with E-state index in [1.165, 1.54) is 4.90 Å². The molecule has 0 bridgehead atoms. The summed E-state index contributed by atoms with van der Waals surface area (Å²) in [5.74, 6) is -0.505. The molecule has 1 atom stereocenters. The van der Waals surface area contributed by atoms with E-state index in [-0.39, 0.29) is 18.2 Å². The van der Waals surface area contributed by atoms with Crippen LogP contribution in [0.2, 0.25) is 5.02 Å². The number of fused-ring (bicyclic) bond motifs is 1. The van der Waals surface area contributed by atoms with E-state index in [1.807, 2.05) is 30.5 Å². The number of imide groups is 1. The predicted octanol–water partition coefficient (Wildman–Crippen LogP) is 3.57. The number of carbonyl (C=O) groups excluding carboxylic acids is 2. The lowest BCUT2D eigenvalue weighted by Gasteiger charge is -2.16. The van der Waals surface area contributed by atoms with Crippen molar-refractivity contribution in [3.05, 3.63) is 59.8 Å². The number of nitrogens with one attached hydrogen (secondary N) is 2. The second kappa shape index (κ2) is 5.69. The molecule has 6 heteroatoms. The first kappa shape index (κ1) is 14.8. The van der Waals surface area contributed by atoms with Crippen LogP contribution < -0.4 is 10.2 Å². The Morgan fingerprint density at radius 2 is 2.00 bits per heavy atom. The number of aromatic nitrogens is 1. The number of carbonyl (C=O) groups is 2. The van der Waals surface area contributed by atoms with E-state index in [0.29, 0.717) is 10.7 Å². The van der Waals surface area contributed by atoms with Crippen LogP contribution in [0.25, 0.3) is 10.9 Å². The van der Waals surface area contributed by atoms with Crippen molar-refractivity contribution in [3.63, 3.8) is 0 Å². The van der Waals surface area contributed by atoms with Crippen molar-refractivity contribution in [1.82, 2.24) is 4.98 Å². The Bertz CT molecular complexity index is 950. The first-order chi connectivity index (χ1) is 11.6. The minimum atomic E-state index is -0.580. The van der Waals surface area contributed by atoms with Crippen LogP contribution >= 0.6 is 11.6 Å². The molecule has 2 aromatic carbocycles. The Balaban J connectivity index is 1.58. The van der Waals surface area contributed by atoms with Crippen molar-refractivity contribution >= 4 is 45.7 Å². The minimum Gasteiger partial charge on any atom is -0.373 e. The van der Waals surface area contributed by atoms with Crippen molar-refractivity contribution in [3.8, 4) is 0 Å². The molecule has 0 aliphatic carbocycles. The first-order valence-electron chi connectivity index (χ1n) is 7.58. The Morgan fingerprint density at radius 3 is 2.83 bits per heavy atom. The van der Waals surface area contributed by atoms with Crippen LogP contribution in [0.4, 0.5) is 11.4 Å². The quantitative estimate of drug-likeness (QED) is 0.717. The van der Waals surface area contributed by atoms with Crippen molar-refractivity contribution in [2.45, 2.75) is 12.5 Å². The normalized spacial score (nSPS) is 17.7. The van der Waals surface area contributed by atoms with Crippen LogP contribution in [0.15, 0.2) is 54.7 Å². The number of anilines is 2. The lowest BCUT2D eigenvalue weighted by molar-refractivity contribution is -0.121. The van der Waals surface area contributed by atoms with Gasteiger partial charge in [-0.05, 0) is 41.8 Å². The van der Waals surface area contributed by atoms with E-state index in [1.54, 1.807) is 24.3 Å². The van der Waals surface area contributed by atoms with E-state index in [0.717, 1.165) is 16.6 Å². The summed E-state index contributed by atoms with van der Waals surface area (Å²) in [5.41, 5.74) is 2.27. The molecule has 2 heterocycles. The van der Waals surface area contributed by atoms with E-state index < -0.39 is 6.04 Å². The van der Waals surface area contributed by atoms with E-state index in [2.05, 4.69) is 10.3 Å². The number of aromatic amines is 1. The highest BCUT2D eigenvalue weighted by Gasteiger charge is 2.39. The maximum Gasteiger partial charge on any atom is 0.256 e. The summed E-state index contributed by atoms with van der Waals surface area (Å²) < 4.78 is 0. The minimum absolute atomic E-state index is 0.119. The molecule has 2 amide bonds. The Morgan fingerprint density at radius 1 is 1.12 bits per heavy atom. The zero-order chi connectivity index (χ0) is 16.7. The standard InChI is InChI=1S/C18H14ClN3O2/c19-12-2-1-3-14(8-12)22-17(23)10-16(18(22)24)21-13-5-4-11-6-7-20-15(11)9-13/h1-9,16,20-21H,10H2. The van der Waals surface area contributed by atoms with Gasteiger partial charge in [-0.25, -0.2) is 4.90 Å². The zero-order valence-corrected chi connectivity index (χ0v) is 13.4. The molecule has 5 nitrogen and oxygen atoms in total. The third-order valence-corrected chi connectivity index (χ3v) is 4.34. The summed E-state index contributed by atoms with van der Waals surface area (Å²) in [4.78, 5) is 29.2. The fourth-order valence-corrected chi connectivity index (χ4v) is 3.15. The van der Waals surface area contributed by atoms with Gasteiger partial charge < -0.3 is 10.3 Å². The smallest absolute Gasteiger partial charge is 0.256 e. The molecule has 0 saturated carbocycles. The second-order valence-electron chi connectivity index (χ2n) is 5.73. The molecule has 1 unspecified atom stereocenters. The SMILES string of the molecule is O=C1CC(Nc2ccc3cc[nH]c3c2)C(=O)N1c1cccc(Cl)c1. The van der Waals surface area contributed by atoms with Crippen LogP contribution in [0.3, 0.4) is 0 Å². The average molecular weight is 340 g/mol. The van der Waals surface area contributed by atoms with E-state index in [9.17, 15) is 9.59 Å². The highest BCUT2D eigenvalue weighted by atomic mass is 35.5. The van der Waals surface area contributed by atoms with Crippen molar-refractivity contribution in [1.29, 1.82) is 0 Å². The van der Waals surface area contributed by atoms with Gasteiger partial charge >= 0.3 is 0 Å². The predicted molar refractivity (Wildman–Crippen MR) is 94.3 cm³/mol. The lowest BCUT2D eigenvalue weighted by Crippen LogP contribution is -2.34. The van der Waals surface area contributed by atoms with Gasteiger partial charge in [-0.3, -0.25) is 9.59 Å². The van der Waals surface area contributed by atoms with Crippen LogP contribution in [0, 0.1) is 0 Å². The number of amides is 2. The van der Waals surface area contributed by atoms with E-state index in [4.69, 9.17) is 11.6 Å². The molecular formula is C18H14ClN3O2. The Hall–Kier alpha value is -2.79. The number of hydrogen-bond donors (Lipinski definition) is 2. The van der Waals surface area contributed by atoms with E-state index >= 15 is 0 Å². The third-order valence-electron chi connectivity index (χ3n) is 4.11. The molecule has 1 fully saturated rings. The van der Waals surface area contributed by atoms with Gasteiger partial charge in [0.25, 0.3) is 5.91 Å². The Labute approximate surface area is 143 Å². The summed E-state index contributed by atoms with van der Waals surface area (Å²) >= 11 is 5.96. The number of nitrogens with zero attached hydrogens (tertiary/aromatic N) is 1.